The third-order valence-electron chi connectivity index (χ3n) is 5.12. The minimum atomic E-state index is -0.780. The van der Waals surface area contributed by atoms with Gasteiger partial charge in [-0.15, -0.1) is 0 Å². The first-order valence-corrected chi connectivity index (χ1v) is 10.1. The third-order valence-corrected chi connectivity index (χ3v) is 5.94. The first-order valence-electron chi connectivity index (χ1n) is 9.32. The average Bonchev–Trinajstić information content (AvgIpc) is 2.78. The number of para-hydroxylation sites is 2. The minimum absolute atomic E-state index is 0.0700. The van der Waals surface area contributed by atoms with Crippen molar-refractivity contribution in [1.29, 1.82) is 0 Å². The van der Waals surface area contributed by atoms with E-state index in [2.05, 4.69) is 0 Å². The van der Waals surface area contributed by atoms with Gasteiger partial charge in [0, 0.05) is 10.8 Å². The van der Waals surface area contributed by atoms with Crippen LogP contribution < -0.4 is 32.5 Å². The Morgan fingerprint density at radius 2 is 0.969 bits per heavy atom. The molecule has 0 aliphatic heterocycles. The van der Waals surface area contributed by atoms with Crippen LogP contribution in [0.25, 0.3) is 34.1 Å². The van der Waals surface area contributed by atoms with Crippen molar-refractivity contribution in [2.24, 2.45) is 0 Å². The molecule has 0 atom stereocenters. The summed E-state index contributed by atoms with van der Waals surface area (Å²) in [6.45, 7) is 0. The van der Waals surface area contributed by atoms with Crippen molar-refractivity contribution in [3.8, 4) is 0 Å². The molecule has 6 nitrogen and oxygen atoms in total. The van der Waals surface area contributed by atoms with Gasteiger partial charge in [0.25, 0.3) is 0 Å². The molecular weight excluding hydrogens is 455 g/mol. The molecule has 2 aromatic heterocycles. The van der Waals surface area contributed by atoms with Gasteiger partial charge in [0.2, 0.25) is 10.9 Å². The summed E-state index contributed by atoms with van der Waals surface area (Å²) in [6, 6.07) is 13.3. The first kappa shape index (κ1) is 20.2. The maximum Gasteiger partial charge on any atom is 0.345 e. The highest BCUT2D eigenvalue weighted by atomic mass is 35.5. The number of benzene rings is 2. The molecule has 32 heavy (non-hydrogen) atoms. The third kappa shape index (κ3) is 3.04. The van der Waals surface area contributed by atoms with Crippen LogP contribution in [-0.4, -0.2) is 0 Å². The molecule has 2 heterocycles. The van der Waals surface area contributed by atoms with E-state index in [1.165, 1.54) is 0 Å². The van der Waals surface area contributed by atoms with E-state index >= 15 is 0 Å². The smallest absolute Gasteiger partial charge is 0.345 e. The molecule has 0 radical (unpaired) electrons. The predicted molar refractivity (Wildman–Crippen MR) is 123 cm³/mol. The van der Waals surface area contributed by atoms with Gasteiger partial charge in [-0.2, -0.15) is 0 Å². The SMILES string of the molecule is O=c1oc2ccccc2c(Cl)c1C=c1c(=O)c(=Cc2c(Cl)c3ccccc3oc2=O)c1=O. The van der Waals surface area contributed by atoms with Crippen molar-refractivity contribution in [2.45, 2.75) is 0 Å². The second-order valence-corrected chi connectivity index (χ2v) is 7.76. The van der Waals surface area contributed by atoms with Gasteiger partial charge in [-0.05, 0) is 36.4 Å². The molecule has 0 spiro atoms. The molecular formula is C24H10Cl2O6. The van der Waals surface area contributed by atoms with Crippen molar-refractivity contribution >= 4 is 57.3 Å². The van der Waals surface area contributed by atoms with Crippen molar-refractivity contribution in [3.63, 3.8) is 0 Å². The number of halogens is 2. The first-order chi connectivity index (χ1) is 15.4. The molecule has 3 aromatic carbocycles. The van der Waals surface area contributed by atoms with Crippen molar-refractivity contribution in [2.75, 3.05) is 0 Å². The summed E-state index contributed by atoms with van der Waals surface area (Å²) >= 11 is 12.6. The Hall–Kier alpha value is -3.74. The molecule has 5 rings (SSSR count). The van der Waals surface area contributed by atoms with Crippen LogP contribution in [0.5, 0.6) is 0 Å². The van der Waals surface area contributed by atoms with Gasteiger partial charge >= 0.3 is 11.3 Å². The van der Waals surface area contributed by atoms with Crippen LogP contribution in [0.15, 0.2) is 76.5 Å². The van der Waals surface area contributed by atoms with Crippen molar-refractivity contribution in [3.05, 3.63) is 121 Å². The maximum absolute atomic E-state index is 12.6. The van der Waals surface area contributed by atoms with Gasteiger partial charge in [0.1, 0.15) is 11.2 Å². The van der Waals surface area contributed by atoms with Crippen LogP contribution in [0, 0.1) is 0 Å². The zero-order valence-corrected chi connectivity index (χ0v) is 17.5. The molecule has 0 fully saturated rings. The molecule has 0 saturated heterocycles. The molecule has 0 aliphatic rings. The molecule has 0 N–H and O–H groups in total. The number of hydrogen-bond donors (Lipinski definition) is 0. The Balaban J connectivity index is 1.72. The van der Waals surface area contributed by atoms with Crippen LogP contribution in [0.2, 0.25) is 10.0 Å². The average molecular weight is 465 g/mol. The summed E-state index contributed by atoms with van der Waals surface area (Å²) in [7, 11) is 0. The van der Waals surface area contributed by atoms with E-state index in [0.29, 0.717) is 10.8 Å². The van der Waals surface area contributed by atoms with Gasteiger partial charge in [-0.25, -0.2) is 9.59 Å². The van der Waals surface area contributed by atoms with E-state index in [1.54, 1.807) is 48.5 Å². The minimum Gasteiger partial charge on any atom is -0.422 e. The fourth-order valence-electron chi connectivity index (χ4n) is 3.48. The number of fused-ring (bicyclic) bond motifs is 2. The molecule has 0 aliphatic carbocycles. The van der Waals surface area contributed by atoms with Crippen LogP contribution in [0.3, 0.4) is 0 Å². The zero-order valence-electron chi connectivity index (χ0n) is 16.0. The highest BCUT2D eigenvalue weighted by molar-refractivity contribution is 6.37. The Morgan fingerprint density at radius 1 is 0.594 bits per heavy atom. The standard InChI is InChI=1S/C24H10Cl2O6/c25-19-11-5-1-3-7-17(11)31-23(29)13(19)9-15-21(27)16(22(15)28)10-14-20(26)12-6-2-4-8-18(12)32-24(14)30/h1-10H. The van der Waals surface area contributed by atoms with E-state index < -0.39 is 22.1 Å². The highest BCUT2D eigenvalue weighted by Gasteiger charge is 2.16. The fourth-order valence-corrected chi connectivity index (χ4v) is 4.06. The molecule has 0 amide bonds. The molecule has 5 aromatic rings. The number of rotatable bonds is 2. The maximum atomic E-state index is 12.6. The van der Waals surface area contributed by atoms with E-state index in [9.17, 15) is 19.2 Å². The van der Waals surface area contributed by atoms with Crippen molar-refractivity contribution < 1.29 is 8.83 Å². The summed E-state index contributed by atoms with van der Waals surface area (Å²) in [5.41, 5.74) is -2.50. The lowest BCUT2D eigenvalue weighted by Gasteiger charge is -2.03. The van der Waals surface area contributed by atoms with Gasteiger partial charge in [-0.1, -0.05) is 47.5 Å². The van der Waals surface area contributed by atoms with Crippen LogP contribution in [0.1, 0.15) is 11.1 Å². The Bertz CT molecular complexity index is 1720. The lowest BCUT2D eigenvalue weighted by atomic mass is 10.1. The summed E-state index contributed by atoms with van der Waals surface area (Å²) in [4.78, 5) is 49.9. The Kier molecular flexibility index (Phi) is 4.69. The lowest BCUT2D eigenvalue weighted by Crippen LogP contribution is -2.64. The highest BCUT2D eigenvalue weighted by Crippen LogP contribution is 2.25. The number of hydrogen-bond acceptors (Lipinski definition) is 6. The van der Waals surface area contributed by atoms with Crippen LogP contribution >= 0.6 is 23.2 Å². The van der Waals surface area contributed by atoms with E-state index in [0.717, 1.165) is 12.2 Å². The van der Waals surface area contributed by atoms with Crippen LogP contribution in [-0.2, 0) is 0 Å². The normalized spacial score (nSPS) is 11.3. The Labute approximate surface area is 187 Å². The molecule has 156 valence electrons. The van der Waals surface area contributed by atoms with Gasteiger partial charge in [-0.3, -0.25) is 9.59 Å². The van der Waals surface area contributed by atoms with E-state index in [4.69, 9.17) is 32.0 Å². The van der Waals surface area contributed by atoms with Gasteiger partial charge in [0.05, 0.1) is 31.6 Å². The summed E-state index contributed by atoms with van der Waals surface area (Å²) < 4.78 is 10.4. The summed E-state index contributed by atoms with van der Waals surface area (Å²) in [5.74, 6) is 0. The quantitative estimate of drug-likeness (QED) is 0.372. The van der Waals surface area contributed by atoms with Gasteiger partial charge < -0.3 is 8.83 Å². The van der Waals surface area contributed by atoms with E-state index in [1.807, 2.05) is 0 Å². The molecule has 0 bridgehead atoms. The Morgan fingerprint density at radius 3 is 1.38 bits per heavy atom. The van der Waals surface area contributed by atoms with E-state index in [-0.39, 0.29) is 42.8 Å². The molecule has 0 saturated carbocycles. The molecule has 0 unspecified atom stereocenters. The monoisotopic (exact) mass is 464 g/mol. The largest absolute Gasteiger partial charge is 0.422 e. The fraction of sp³-hybridized carbons (Fsp3) is 0. The second-order valence-electron chi connectivity index (χ2n) is 7.00. The van der Waals surface area contributed by atoms with Crippen molar-refractivity contribution in [1.82, 2.24) is 0 Å². The predicted octanol–water partition coefficient (Wildman–Crippen LogP) is 2.46. The topological polar surface area (TPSA) is 94.6 Å². The van der Waals surface area contributed by atoms with Gasteiger partial charge in [0.15, 0.2) is 0 Å². The zero-order chi connectivity index (χ0) is 22.6. The van der Waals surface area contributed by atoms with Crippen LogP contribution in [0.4, 0.5) is 0 Å². The summed E-state index contributed by atoms with van der Waals surface area (Å²) in [6.07, 6.45) is 2.21. The molecule has 8 heteroatoms. The lowest BCUT2D eigenvalue weighted by molar-refractivity contribution is 0.559. The summed E-state index contributed by atoms with van der Waals surface area (Å²) in [5, 5.41) is 0.581. The second kappa shape index (κ2) is 7.44.